The molecule has 0 amide bonds. The van der Waals surface area contributed by atoms with Gasteiger partial charge < -0.3 is 103 Å². The lowest BCUT2D eigenvalue weighted by Crippen LogP contribution is -2.39. The Hall–Kier alpha value is -9.75. The summed E-state index contributed by atoms with van der Waals surface area (Å²) in [7, 11) is 0. The molecule has 0 unspecified atom stereocenters. The molecular weight excluding hydrogens is 1280 g/mol. The van der Waals surface area contributed by atoms with Crippen LogP contribution in [-0.4, -0.2) is 241 Å². The maximum atomic E-state index is 13.2. The van der Waals surface area contributed by atoms with Crippen LogP contribution in [0.1, 0.15) is 44.0 Å². The van der Waals surface area contributed by atoms with Crippen molar-refractivity contribution in [1.82, 2.24) is 77.7 Å². The number of anilines is 4. The van der Waals surface area contributed by atoms with E-state index in [1.165, 1.54) is 53.0 Å². The second-order valence-electron chi connectivity index (χ2n) is 21.0. The van der Waals surface area contributed by atoms with Crippen LogP contribution in [0.3, 0.4) is 0 Å². The molecule has 510 valence electrons. The molecule has 5 aliphatic heterocycles. The van der Waals surface area contributed by atoms with Crippen LogP contribution in [0.5, 0.6) is 0 Å². The predicted octanol–water partition coefficient (Wildman–Crippen LogP) is -6.42. The first-order chi connectivity index (χ1) is 45.5. The zero-order valence-electron chi connectivity index (χ0n) is 48.7. The van der Waals surface area contributed by atoms with Crippen molar-refractivity contribution >= 4 is 56.8 Å². The molecule has 0 bridgehead atoms. The summed E-state index contributed by atoms with van der Waals surface area (Å²) < 4.78 is 59.6. The van der Waals surface area contributed by atoms with E-state index in [0.717, 1.165) is 15.3 Å². The number of ether oxygens (including phenoxy) is 5. The van der Waals surface area contributed by atoms with E-state index in [9.17, 15) is 53.8 Å². The fraction of sp³-hybridized carbons (Fsp3) is 0.521. The van der Waals surface area contributed by atoms with Gasteiger partial charge in [0, 0.05) is 28.9 Å². The Balaban J connectivity index is 0.000000140. The van der Waals surface area contributed by atoms with Crippen molar-refractivity contribution in [2.75, 3.05) is 56.0 Å². The quantitative estimate of drug-likeness (QED) is 0.0234. The Morgan fingerprint density at radius 1 is 0.558 bits per heavy atom. The van der Waals surface area contributed by atoms with Gasteiger partial charge in [0.15, 0.2) is 46.1 Å². The van der Waals surface area contributed by atoms with Gasteiger partial charge in [0.05, 0.1) is 88.7 Å². The molecule has 13 heterocycles. The van der Waals surface area contributed by atoms with Crippen LogP contribution >= 0.6 is 0 Å². The third-order valence-electron chi connectivity index (χ3n) is 15.2. The summed E-state index contributed by atoms with van der Waals surface area (Å²) in [6.07, 6.45) is -4.82. The number of aromatic nitrogens is 16. The summed E-state index contributed by atoms with van der Waals surface area (Å²) >= 11 is 0. The lowest BCUT2D eigenvalue weighted by atomic mass is 10.1. The highest BCUT2D eigenvalue weighted by atomic mass is 19.1. The first-order valence-corrected chi connectivity index (χ1v) is 27.9. The summed E-state index contributed by atoms with van der Waals surface area (Å²) in [5.74, 6) is -0.668. The number of aliphatic hydroxyl groups is 10. The lowest BCUT2D eigenvalue weighted by molar-refractivity contribution is -0.0464. The fourth-order valence-corrected chi connectivity index (χ4v) is 10.4. The Kier molecular flexibility index (Phi) is 22.1. The van der Waals surface area contributed by atoms with Crippen molar-refractivity contribution in [3.8, 4) is 0 Å². The third kappa shape index (κ3) is 14.5. The number of azide groups is 2. The van der Waals surface area contributed by atoms with Crippen molar-refractivity contribution in [1.29, 1.82) is 0 Å². The molecule has 8 aromatic rings. The number of nitrogens with one attached hydrogen (secondary N) is 1. The van der Waals surface area contributed by atoms with Crippen LogP contribution in [-0.2, 0) is 23.7 Å². The van der Waals surface area contributed by atoms with Crippen LogP contribution in [0.15, 0.2) is 74.7 Å². The molecule has 8 aromatic heterocycles. The van der Waals surface area contributed by atoms with Crippen LogP contribution < -0.4 is 45.6 Å². The summed E-state index contributed by atoms with van der Waals surface area (Å²) in [4.78, 5) is 79.6. The SMILES string of the molecule is Nc1nc(F)nc2c1ncn2[C@H]1C[C@H](O)[C@@H](CO)O1.Nc1ncnc2c1ncn2[C@@H]1O[C@H](CO)[C@@H](O)[C@H]1N.O=c1[nH]c(=O)n([C@H]2C[C@H](O)[C@@H](CO)O2)cc1F.[N-]=[N+]=N[C@@H]1[C@H](O)[C@@H](CO)O[C@H]1n1ccc(N)nc1=O.[N-]=[N+]=N[C@@H]1[C@H](O)[C@@H](CO)O[C@H]1n1cnc2c(N)ncnc21. The number of H-pyrrole nitrogens is 1. The average molecular weight is 1340 g/mol. The molecule has 95 heavy (non-hydrogen) atoms. The molecule has 5 saturated heterocycles. The van der Waals surface area contributed by atoms with Gasteiger partial charge in [0.2, 0.25) is 5.82 Å². The smallest absolute Gasteiger partial charge is 0.351 e. The largest absolute Gasteiger partial charge is 0.394 e. The van der Waals surface area contributed by atoms with E-state index in [2.05, 4.69) is 69.9 Å². The fourth-order valence-electron chi connectivity index (χ4n) is 10.4. The van der Waals surface area contributed by atoms with Gasteiger partial charge in [-0.3, -0.25) is 32.6 Å². The maximum Gasteiger partial charge on any atom is 0.351 e. The number of imidazole rings is 3. The van der Waals surface area contributed by atoms with E-state index in [4.69, 9.17) is 83.8 Å². The Labute approximate surface area is 526 Å². The molecule has 0 aromatic carbocycles. The number of aliphatic hydroxyl groups excluding tert-OH is 10. The Morgan fingerprint density at radius 2 is 1.01 bits per heavy atom. The van der Waals surface area contributed by atoms with Crippen LogP contribution in [0.25, 0.3) is 54.4 Å². The van der Waals surface area contributed by atoms with Crippen molar-refractivity contribution in [2.24, 2.45) is 16.0 Å². The number of fused-ring (bicyclic) bond motifs is 3. The Morgan fingerprint density at radius 3 is 1.48 bits per heavy atom. The van der Waals surface area contributed by atoms with Gasteiger partial charge in [-0.1, -0.05) is 10.2 Å². The molecule has 47 heteroatoms. The van der Waals surface area contributed by atoms with E-state index >= 15 is 0 Å². The topological polar surface area (TPSA) is 697 Å². The first kappa shape index (κ1) is 69.6. The van der Waals surface area contributed by atoms with Crippen molar-refractivity contribution < 1.29 is 83.5 Å². The zero-order chi connectivity index (χ0) is 68.7. The highest BCUT2D eigenvalue weighted by molar-refractivity contribution is 5.82. The number of nitrogens with zero attached hydrogens (tertiary/aromatic N) is 21. The highest BCUT2D eigenvalue weighted by Gasteiger charge is 2.47. The van der Waals surface area contributed by atoms with Gasteiger partial charge in [-0.25, -0.2) is 44.5 Å². The lowest BCUT2D eigenvalue weighted by Gasteiger charge is -2.17. The summed E-state index contributed by atoms with van der Waals surface area (Å²) in [5.41, 5.74) is 44.8. The van der Waals surface area contributed by atoms with Crippen LogP contribution in [0.4, 0.5) is 32.1 Å². The Bertz CT molecular complexity index is 4260. The van der Waals surface area contributed by atoms with E-state index in [-0.39, 0.29) is 60.5 Å². The number of nitrogens with two attached hydrogens (primary N) is 5. The maximum absolute atomic E-state index is 13.2. The molecule has 18 atom stereocenters. The number of nitrogen functional groups attached to an aromatic ring is 4. The number of hydrogen-bond acceptors (Lipinski definition) is 35. The van der Waals surface area contributed by atoms with Gasteiger partial charge in [-0.2, -0.15) is 23.7 Å². The van der Waals surface area contributed by atoms with E-state index in [1.807, 2.05) is 0 Å². The van der Waals surface area contributed by atoms with Gasteiger partial charge in [-0.05, 0) is 17.1 Å². The van der Waals surface area contributed by atoms with Gasteiger partial charge >= 0.3 is 17.5 Å². The highest BCUT2D eigenvalue weighted by Crippen LogP contribution is 2.36. The minimum Gasteiger partial charge on any atom is -0.394 e. The zero-order valence-corrected chi connectivity index (χ0v) is 48.7. The van der Waals surface area contributed by atoms with Gasteiger partial charge in [0.1, 0.15) is 103 Å². The predicted molar refractivity (Wildman–Crippen MR) is 311 cm³/mol. The minimum absolute atomic E-state index is 0.0383. The average Bonchev–Trinajstić information content (AvgIpc) is 1.65. The van der Waals surface area contributed by atoms with E-state index < -0.39 is 159 Å². The third-order valence-corrected chi connectivity index (χ3v) is 15.2. The molecule has 0 spiro atoms. The molecule has 45 nitrogen and oxygen atoms in total. The van der Waals surface area contributed by atoms with Crippen LogP contribution in [0, 0.1) is 11.9 Å². The first-order valence-electron chi connectivity index (χ1n) is 27.9. The summed E-state index contributed by atoms with van der Waals surface area (Å²) in [5, 5.41) is 101. The molecule has 0 radical (unpaired) electrons. The normalized spacial score (nSPS) is 29.1. The van der Waals surface area contributed by atoms with Gasteiger partial charge in [0.25, 0.3) is 5.56 Å². The second kappa shape index (κ2) is 30.1. The number of halogens is 2. The molecule has 5 fully saturated rings. The molecular formula is C48H61F2N27O18. The molecule has 0 saturated carbocycles. The van der Waals surface area contributed by atoms with Crippen molar-refractivity contribution in [3.63, 3.8) is 0 Å². The van der Waals surface area contributed by atoms with Gasteiger partial charge in [-0.15, -0.1) is 0 Å². The number of aromatic amines is 1. The minimum atomic E-state index is -1.21. The van der Waals surface area contributed by atoms with Crippen molar-refractivity contribution in [3.05, 3.63) is 114 Å². The van der Waals surface area contributed by atoms with E-state index in [0.29, 0.717) is 22.3 Å². The standard InChI is InChI=1S/C10H12FN5O3.C10H12N8O3.C10H14N6O3.C9H11FN2O5.C9H12N6O4/c11-10-14-8(12)7-9(15-10)16(3-13-7)6-1-4(18)5(2-17)19-6;11-8-6-9(14-2-13-8)18(3-15-6)10-5(16-17-12)7(20)4(1-19)21-10;11-5-7(18)4(1-17)19-10(5)16-3-15-6-8(12)13-2-14-9(6)16;10-4-2-12(9(16)11-8(4)15)7-1-5(14)6(3-13)17-7;10-5-1-2-15(9(18)12-5)8-6(13-14-11)7(17)4(3-16)19-8/h3-6,17-18H,1-2H2,(H2,12,14,15);2-5,7,10,19-20H,1H2,(H2,11,13,14);2-5,7,10,17-18H,1,11H2,(H2,12,13,14);2,5-7,13-14H,1,3H2,(H,11,15,16);1-2,4,6-8,16-17H,3H2,(H2,10,12,18)/t4-,5+,6+;2*4-,5-,7-,10-;5-,6+,7+;4-,6-,7-,8-/m01101/s1. The molecule has 0 aliphatic carbocycles. The number of rotatable bonds is 12. The molecule has 5 aliphatic rings. The number of hydrogen-bond donors (Lipinski definition) is 16. The molecule has 21 N–H and O–H groups in total. The summed E-state index contributed by atoms with van der Waals surface area (Å²) in [6, 6.07) is -1.27. The second-order valence-corrected chi connectivity index (χ2v) is 21.0. The summed E-state index contributed by atoms with van der Waals surface area (Å²) in [6.45, 7) is -1.88. The van der Waals surface area contributed by atoms with Crippen LogP contribution in [0.2, 0.25) is 0 Å². The van der Waals surface area contributed by atoms with E-state index in [1.54, 1.807) is 9.55 Å². The van der Waals surface area contributed by atoms with Crippen molar-refractivity contribution in [2.45, 2.75) is 123 Å². The monoisotopic (exact) mass is 1340 g/mol. The molecule has 13 rings (SSSR count).